The summed E-state index contributed by atoms with van der Waals surface area (Å²) in [6.45, 7) is 3.62. The van der Waals surface area contributed by atoms with Crippen molar-refractivity contribution in [3.05, 3.63) is 41.0 Å². The van der Waals surface area contributed by atoms with Crippen LogP contribution >= 0.6 is 0 Å². The van der Waals surface area contributed by atoms with Gasteiger partial charge in [-0.15, -0.1) is 0 Å². The van der Waals surface area contributed by atoms with Crippen LogP contribution in [0.3, 0.4) is 0 Å². The maximum Gasteiger partial charge on any atom is 0.326 e. The van der Waals surface area contributed by atoms with Gasteiger partial charge in [0.15, 0.2) is 5.69 Å². The fraction of sp³-hybridized carbons (Fsp3) is 0.182. The topological polar surface area (TPSA) is 71.6 Å². The maximum absolute atomic E-state index is 14.0. The van der Waals surface area contributed by atoms with Gasteiger partial charge in [-0.3, -0.25) is 9.69 Å². The van der Waals surface area contributed by atoms with Crippen LogP contribution in [0.5, 0.6) is 0 Å². The third kappa shape index (κ3) is 1.53. The highest BCUT2D eigenvalue weighted by Gasteiger charge is 2.30. The summed E-state index contributed by atoms with van der Waals surface area (Å²) in [5.74, 6) is -0.804. The summed E-state index contributed by atoms with van der Waals surface area (Å²) in [6.07, 6.45) is 3.05. The lowest BCUT2D eigenvalue weighted by atomic mass is 10.4. The van der Waals surface area contributed by atoms with Crippen molar-refractivity contribution in [3.8, 4) is 0 Å². The number of nitrogens with one attached hydrogen (secondary N) is 1. The molecule has 3 rings (SSSR count). The van der Waals surface area contributed by atoms with Crippen molar-refractivity contribution in [2.75, 3.05) is 11.4 Å². The number of carbonyl (C=O) groups excluding carboxylic acids is 1. The van der Waals surface area contributed by atoms with Crippen LogP contribution in [0.25, 0.3) is 5.78 Å². The lowest BCUT2D eigenvalue weighted by Crippen LogP contribution is -2.35. The summed E-state index contributed by atoms with van der Waals surface area (Å²) in [6, 6.07) is -0.585. The third-order valence-electron chi connectivity index (χ3n) is 2.93. The van der Waals surface area contributed by atoms with E-state index in [4.69, 9.17) is 0 Å². The summed E-state index contributed by atoms with van der Waals surface area (Å²) in [7, 11) is 1.64. The molecule has 1 N–H and O–H groups in total. The molecular formula is C11H10FN5O2. The number of halogens is 1. The molecule has 0 saturated carbocycles. The number of nitrogens with zero attached hydrogens (tertiary/aromatic N) is 4. The van der Waals surface area contributed by atoms with Gasteiger partial charge >= 0.3 is 6.03 Å². The number of imidazole rings is 1. The zero-order chi connectivity index (χ0) is 13.7. The van der Waals surface area contributed by atoms with E-state index < -0.39 is 17.5 Å². The van der Waals surface area contributed by atoms with Gasteiger partial charge in [0.25, 0.3) is 5.56 Å². The van der Waals surface area contributed by atoms with Gasteiger partial charge in [0.1, 0.15) is 0 Å². The zero-order valence-corrected chi connectivity index (χ0v) is 10.1. The number of amides is 2. The molecule has 0 bridgehead atoms. The monoisotopic (exact) mass is 263 g/mol. The number of carbonyl (C=O) groups is 1. The van der Waals surface area contributed by atoms with Crippen LogP contribution in [0.4, 0.5) is 14.9 Å². The van der Waals surface area contributed by atoms with Crippen LogP contribution in [0.15, 0.2) is 29.5 Å². The van der Waals surface area contributed by atoms with E-state index >= 15 is 0 Å². The quantitative estimate of drug-likeness (QED) is 0.748. The first kappa shape index (κ1) is 11.5. The molecule has 2 aromatic rings. The zero-order valence-electron chi connectivity index (χ0n) is 10.1. The van der Waals surface area contributed by atoms with E-state index in [-0.39, 0.29) is 18.0 Å². The molecule has 7 nitrogen and oxygen atoms in total. The van der Waals surface area contributed by atoms with Gasteiger partial charge in [0.05, 0.1) is 6.54 Å². The second-order valence-corrected chi connectivity index (χ2v) is 4.26. The second kappa shape index (κ2) is 3.67. The molecule has 19 heavy (non-hydrogen) atoms. The Morgan fingerprint density at radius 3 is 2.79 bits per heavy atom. The first-order valence-corrected chi connectivity index (χ1v) is 5.48. The molecule has 8 heteroatoms. The van der Waals surface area contributed by atoms with Gasteiger partial charge in [0.2, 0.25) is 11.7 Å². The third-order valence-corrected chi connectivity index (χ3v) is 2.93. The number of urea groups is 1. The molecule has 0 atom stereocenters. The van der Waals surface area contributed by atoms with E-state index in [2.05, 4.69) is 16.9 Å². The van der Waals surface area contributed by atoms with Gasteiger partial charge in [-0.05, 0) is 0 Å². The molecule has 2 amide bonds. The molecule has 0 unspecified atom stereocenters. The van der Waals surface area contributed by atoms with Gasteiger partial charge in [0, 0.05) is 25.1 Å². The Labute approximate surface area is 106 Å². The Hall–Kier alpha value is -2.64. The number of aryl methyl sites for hydroxylation is 1. The fourth-order valence-electron chi connectivity index (χ4n) is 2.03. The van der Waals surface area contributed by atoms with Crippen molar-refractivity contribution >= 4 is 17.5 Å². The average molecular weight is 263 g/mol. The standard InChI is InChI=1S/C11H10FN5O2/c1-6-5-17(11(19)13-6)7-8(12)14-10-15(2)3-4-16(10)9(7)18/h3-4H,1,5H2,2H3,(H,13,19). The predicted octanol–water partition coefficient (Wildman–Crippen LogP) is 0.215. The molecule has 98 valence electrons. The number of hydrogen-bond acceptors (Lipinski definition) is 3. The number of rotatable bonds is 1. The lowest BCUT2D eigenvalue weighted by molar-refractivity contribution is 0.252. The number of aromatic nitrogens is 3. The lowest BCUT2D eigenvalue weighted by Gasteiger charge is -2.13. The van der Waals surface area contributed by atoms with E-state index in [1.54, 1.807) is 13.2 Å². The van der Waals surface area contributed by atoms with E-state index in [9.17, 15) is 14.0 Å². The Kier molecular flexibility index (Phi) is 2.21. The van der Waals surface area contributed by atoms with Crippen LogP contribution < -0.4 is 15.8 Å². The highest BCUT2D eigenvalue weighted by Crippen LogP contribution is 2.18. The van der Waals surface area contributed by atoms with Crippen molar-refractivity contribution in [2.45, 2.75) is 0 Å². The average Bonchev–Trinajstić information content (AvgIpc) is 2.84. The van der Waals surface area contributed by atoms with Crippen molar-refractivity contribution in [1.29, 1.82) is 0 Å². The van der Waals surface area contributed by atoms with Gasteiger partial charge in [-0.1, -0.05) is 6.58 Å². The van der Waals surface area contributed by atoms with E-state index in [1.165, 1.54) is 15.2 Å². The highest BCUT2D eigenvalue weighted by atomic mass is 19.1. The smallest absolute Gasteiger partial charge is 0.320 e. The van der Waals surface area contributed by atoms with E-state index in [0.717, 1.165) is 4.90 Å². The number of fused-ring (bicyclic) bond motifs is 1. The molecule has 0 spiro atoms. The van der Waals surface area contributed by atoms with Crippen LogP contribution in [-0.4, -0.2) is 26.5 Å². The summed E-state index contributed by atoms with van der Waals surface area (Å²) in [5.41, 5.74) is -0.602. The number of anilines is 1. The maximum atomic E-state index is 14.0. The van der Waals surface area contributed by atoms with E-state index in [0.29, 0.717) is 5.70 Å². The van der Waals surface area contributed by atoms with E-state index in [1.807, 2.05) is 0 Å². The predicted molar refractivity (Wildman–Crippen MR) is 65.4 cm³/mol. The van der Waals surface area contributed by atoms with Crippen LogP contribution in [-0.2, 0) is 7.05 Å². The highest BCUT2D eigenvalue weighted by molar-refractivity contribution is 5.96. The molecular weight excluding hydrogens is 253 g/mol. The van der Waals surface area contributed by atoms with Crippen LogP contribution in [0, 0.1) is 5.95 Å². The Balaban J connectivity index is 2.27. The molecule has 0 radical (unpaired) electrons. The van der Waals surface area contributed by atoms with Gasteiger partial charge in [-0.2, -0.15) is 9.37 Å². The van der Waals surface area contributed by atoms with Gasteiger partial charge < -0.3 is 9.88 Å². The minimum atomic E-state index is -0.975. The molecule has 1 aliphatic heterocycles. The Bertz CT molecular complexity index is 775. The molecule has 1 fully saturated rings. The minimum Gasteiger partial charge on any atom is -0.320 e. The Morgan fingerprint density at radius 2 is 2.16 bits per heavy atom. The summed E-state index contributed by atoms with van der Waals surface area (Å²) in [5, 5.41) is 2.42. The first-order chi connectivity index (χ1) is 8.99. The normalized spacial score (nSPS) is 15.4. The molecule has 0 aliphatic carbocycles. The van der Waals surface area contributed by atoms with Crippen molar-refractivity contribution in [2.24, 2.45) is 7.05 Å². The summed E-state index contributed by atoms with van der Waals surface area (Å²) in [4.78, 5) is 28.6. The van der Waals surface area contributed by atoms with Crippen molar-refractivity contribution < 1.29 is 9.18 Å². The minimum absolute atomic E-state index is 0.0472. The second-order valence-electron chi connectivity index (χ2n) is 4.26. The summed E-state index contributed by atoms with van der Waals surface area (Å²) < 4.78 is 16.7. The first-order valence-electron chi connectivity index (χ1n) is 5.48. The summed E-state index contributed by atoms with van der Waals surface area (Å²) >= 11 is 0. The number of hydrogen-bond donors (Lipinski definition) is 1. The fourth-order valence-corrected chi connectivity index (χ4v) is 2.03. The largest absolute Gasteiger partial charge is 0.326 e. The molecule has 1 aliphatic rings. The van der Waals surface area contributed by atoms with Crippen molar-refractivity contribution in [1.82, 2.24) is 19.3 Å². The van der Waals surface area contributed by atoms with Gasteiger partial charge in [-0.25, -0.2) is 9.20 Å². The molecule has 3 heterocycles. The molecule has 2 aromatic heterocycles. The molecule has 1 saturated heterocycles. The Morgan fingerprint density at radius 1 is 1.42 bits per heavy atom. The van der Waals surface area contributed by atoms with Crippen molar-refractivity contribution in [3.63, 3.8) is 0 Å². The molecule has 0 aromatic carbocycles. The van der Waals surface area contributed by atoms with Crippen LogP contribution in [0.1, 0.15) is 0 Å². The van der Waals surface area contributed by atoms with Crippen LogP contribution in [0.2, 0.25) is 0 Å². The SMILES string of the molecule is C=C1CN(c2c(F)nc3n(C)ccn3c2=O)C(=O)N1.